The van der Waals surface area contributed by atoms with E-state index in [2.05, 4.69) is 40.1 Å². The first kappa shape index (κ1) is 14.9. The van der Waals surface area contributed by atoms with Gasteiger partial charge in [0.2, 0.25) is 0 Å². The van der Waals surface area contributed by atoms with Crippen molar-refractivity contribution < 1.29 is 4.74 Å². The summed E-state index contributed by atoms with van der Waals surface area (Å²) in [6, 6.07) is 4.74. The molecular weight excluding hydrogens is 282 g/mol. The van der Waals surface area contributed by atoms with Gasteiger partial charge in [0.25, 0.3) is 0 Å². The van der Waals surface area contributed by atoms with Crippen LogP contribution in [0.2, 0.25) is 0 Å². The largest absolute Gasteiger partial charge is 0.378 e. The lowest BCUT2D eigenvalue weighted by molar-refractivity contribution is -0.168. The molecule has 4 nitrogen and oxygen atoms in total. The molecule has 1 aromatic heterocycles. The van der Waals surface area contributed by atoms with Crippen LogP contribution in [0.1, 0.15) is 37.5 Å². The number of rotatable bonds is 5. The standard InChI is InChI=1S/C16H25N3OS/c1-3-20-14-10-13(16(14)7-5-8-16)19-15(17-2)18-11-12-6-4-9-21-12/h4,6,9,13-14H,3,5,7-8,10-11H2,1-2H3,(H2,17,18,19). The van der Waals surface area contributed by atoms with Crippen LogP contribution in [0.25, 0.3) is 0 Å². The second-order valence-corrected chi connectivity index (χ2v) is 7.00. The average molecular weight is 307 g/mol. The summed E-state index contributed by atoms with van der Waals surface area (Å²) in [5.74, 6) is 0.912. The van der Waals surface area contributed by atoms with Gasteiger partial charge in [-0.05, 0) is 37.6 Å². The molecule has 2 N–H and O–H groups in total. The summed E-state index contributed by atoms with van der Waals surface area (Å²) < 4.78 is 5.90. The summed E-state index contributed by atoms with van der Waals surface area (Å²) in [5, 5.41) is 9.13. The lowest BCUT2D eigenvalue weighted by Gasteiger charge is -2.61. The van der Waals surface area contributed by atoms with Crippen molar-refractivity contribution in [1.82, 2.24) is 10.6 Å². The minimum Gasteiger partial charge on any atom is -0.378 e. The highest BCUT2D eigenvalue weighted by Crippen LogP contribution is 2.57. The smallest absolute Gasteiger partial charge is 0.191 e. The fourth-order valence-electron chi connectivity index (χ4n) is 3.58. The zero-order chi connectivity index (χ0) is 14.7. The maximum absolute atomic E-state index is 5.90. The molecule has 2 atom stereocenters. The Hall–Kier alpha value is -1.07. The molecule has 21 heavy (non-hydrogen) atoms. The Morgan fingerprint density at radius 3 is 2.95 bits per heavy atom. The monoisotopic (exact) mass is 307 g/mol. The maximum Gasteiger partial charge on any atom is 0.191 e. The van der Waals surface area contributed by atoms with Crippen LogP contribution in [0, 0.1) is 5.41 Å². The molecule has 2 fully saturated rings. The number of nitrogens with zero attached hydrogens (tertiary/aromatic N) is 1. The Kier molecular flexibility index (Phi) is 4.50. The highest BCUT2D eigenvalue weighted by atomic mass is 32.1. The molecule has 1 aromatic rings. The Morgan fingerprint density at radius 2 is 2.38 bits per heavy atom. The van der Waals surface area contributed by atoms with Crippen molar-refractivity contribution in [1.29, 1.82) is 0 Å². The second kappa shape index (κ2) is 6.36. The van der Waals surface area contributed by atoms with Crippen LogP contribution in [0.5, 0.6) is 0 Å². The normalized spacial score (nSPS) is 27.0. The van der Waals surface area contributed by atoms with E-state index in [1.165, 1.54) is 24.1 Å². The van der Waals surface area contributed by atoms with Crippen molar-refractivity contribution in [3.63, 3.8) is 0 Å². The lowest BCUT2D eigenvalue weighted by atomic mass is 9.51. The Morgan fingerprint density at radius 1 is 1.52 bits per heavy atom. The molecule has 0 aromatic carbocycles. The second-order valence-electron chi connectivity index (χ2n) is 5.97. The third kappa shape index (κ3) is 2.81. The average Bonchev–Trinajstić information content (AvgIpc) is 2.92. The summed E-state index contributed by atoms with van der Waals surface area (Å²) in [6.45, 7) is 3.76. The number of nitrogens with one attached hydrogen (secondary N) is 2. The van der Waals surface area contributed by atoms with Crippen LogP contribution in [0.15, 0.2) is 22.5 Å². The van der Waals surface area contributed by atoms with Crippen LogP contribution in [-0.4, -0.2) is 31.8 Å². The van der Waals surface area contributed by atoms with Gasteiger partial charge in [0.1, 0.15) is 0 Å². The molecule has 5 heteroatoms. The molecule has 1 heterocycles. The maximum atomic E-state index is 5.90. The van der Waals surface area contributed by atoms with Crippen LogP contribution in [0.4, 0.5) is 0 Å². The minimum absolute atomic E-state index is 0.372. The first-order valence-corrected chi connectivity index (χ1v) is 8.77. The molecule has 1 spiro atoms. The van der Waals surface area contributed by atoms with Crippen molar-refractivity contribution in [2.45, 2.75) is 51.3 Å². The molecule has 0 saturated heterocycles. The molecular formula is C16H25N3OS. The van der Waals surface area contributed by atoms with E-state index in [1.807, 2.05) is 7.05 Å². The van der Waals surface area contributed by atoms with E-state index in [0.29, 0.717) is 17.6 Å². The zero-order valence-corrected chi connectivity index (χ0v) is 13.7. The van der Waals surface area contributed by atoms with Crippen LogP contribution in [0.3, 0.4) is 0 Å². The summed E-state index contributed by atoms with van der Waals surface area (Å²) >= 11 is 1.77. The number of hydrogen-bond acceptors (Lipinski definition) is 3. The molecule has 0 radical (unpaired) electrons. The fourth-order valence-corrected chi connectivity index (χ4v) is 4.23. The van der Waals surface area contributed by atoms with Crippen molar-refractivity contribution in [3.05, 3.63) is 22.4 Å². The van der Waals surface area contributed by atoms with E-state index >= 15 is 0 Å². The number of aliphatic imine (C=N–C) groups is 1. The van der Waals surface area contributed by atoms with Gasteiger partial charge in [-0.2, -0.15) is 0 Å². The molecule has 2 aliphatic carbocycles. The van der Waals surface area contributed by atoms with E-state index in [9.17, 15) is 0 Å². The highest BCUT2D eigenvalue weighted by molar-refractivity contribution is 7.09. The molecule has 0 amide bonds. The minimum atomic E-state index is 0.372. The van der Waals surface area contributed by atoms with Gasteiger partial charge in [0, 0.05) is 30.0 Å². The van der Waals surface area contributed by atoms with E-state index in [-0.39, 0.29) is 0 Å². The Bertz CT molecular complexity index is 482. The van der Waals surface area contributed by atoms with Gasteiger partial charge >= 0.3 is 0 Å². The van der Waals surface area contributed by atoms with Gasteiger partial charge < -0.3 is 15.4 Å². The van der Waals surface area contributed by atoms with Crippen LogP contribution in [-0.2, 0) is 11.3 Å². The molecule has 2 aliphatic rings. The van der Waals surface area contributed by atoms with Gasteiger partial charge in [0.15, 0.2) is 5.96 Å². The number of thiophene rings is 1. The van der Waals surface area contributed by atoms with Crippen molar-refractivity contribution in [2.75, 3.05) is 13.7 Å². The van der Waals surface area contributed by atoms with E-state index in [4.69, 9.17) is 4.74 Å². The van der Waals surface area contributed by atoms with Crippen molar-refractivity contribution >= 4 is 17.3 Å². The molecule has 2 saturated carbocycles. The molecule has 0 bridgehead atoms. The van der Waals surface area contributed by atoms with Crippen molar-refractivity contribution in [3.8, 4) is 0 Å². The van der Waals surface area contributed by atoms with Gasteiger partial charge in [-0.15, -0.1) is 11.3 Å². The lowest BCUT2D eigenvalue weighted by Crippen LogP contribution is -2.68. The Balaban J connectivity index is 1.53. The number of guanidine groups is 1. The summed E-state index contributed by atoms with van der Waals surface area (Å²) in [4.78, 5) is 5.69. The van der Waals surface area contributed by atoms with Gasteiger partial charge in [-0.25, -0.2) is 0 Å². The number of ether oxygens (including phenoxy) is 1. The topological polar surface area (TPSA) is 45.6 Å². The van der Waals surface area contributed by atoms with Crippen LogP contribution < -0.4 is 10.6 Å². The third-order valence-electron chi connectivity index (χ3n) is 4.98. The van der Waals surface area contributed by atoms with E-state index in [0.717, 1.165) is 25.5 Å². The number of hydrogen-bond donors (Lipinski definition) is 2. The molecule has 116 valence electrons. The quantitative estimate of drug-likeness (QED) is 0.649. The highest BCUT2D eigenvalue weighted by Gasteiger charge is 2.59. The van der Waals surface area contributed by atoms with Gasteiger partial charge in [-0.1, -0.05) is 12.5 Å². The predicted molar refractivity (Wildman–Crippen MR) is 87.8 cm³/mol. The summed E-state index contributed by atoms with van der Waals surface area (Å²) in [5.41, 5.74) is 0.372. The fraction of sp³-hybridized carbons (Fsp3) is 0.688. The van der Waals surface area contributed by atoms with Gasteiger partial charge in [0.05, 0.1) is 12.6 Å². The molecule has 3 rings (SSSR count). The Labute approximate surface area is 131 Å². The van der Waals surface area contributed by atoms with Crippen molar-refractivity contribution in [2.24, 2.45) is 10.4 Å². The summed E-state index contributed by atoms with van der Waals surface area (Å²) in [7, 11) is 1.84. The first-order chi connectivity index (χ1) is 10.3. The van der Waals surface area contributed by atoms with E-state index in [1.54, 1.807) is 11.3 Å². The third-order valence-corrected chi connectivity index (χ3v) is 5.86. The predicted octanol–water partition coefficient (Wildman–Crippen LogP) is 2.76. The van der Waals surface area contributed by atoms with Gasteiger partial charge in [-0.3, -0.25) is 4.99 Å². The van der Waals surface area contributed by atoms with Crippen LogP contribution >= 0.6 is 11.3 Å². The molecule has 2 unspecified atom stereocenters. The van der Waals surface area contributed by atoms with E-state index < -0.39 is 0 Å². The summed E-state index contributed by atoms with van der Waals surface area (Å²) in [6.07, 6.45) is 5.47. The molecule has 0 aliphatic heterocycles. The first-order valence-electron chi connectivity index (χ1n) is 7.89. The SMILES string of the molecule is CCOC1CC(NC(=NC)NCc2cccs2)C12CCC2. The zero-order valence-electron chi connectivity index (χ0n) is 12.9.